The van der Waals surface area contributed by atoms with Crippen molar-refractivity contribution in [2.45, 2.75) is 31.2 Å². The van der Waals surface area contributed by atoms with Crippen LogP contribution in [-0.2, 0) is 4.79 Å². The molecule has 0 bridgehead atoms. The van der Waals surface area contributed by atoms with Crippen LogP contribution in [0.15, 0.2) is 0 Å². The van der Waals surface area contributed by atoms with Crippen LogP contribution < -0.4 is 5.43 Å². The Kier molecular flexibility index (Phi) is 5.07. The Balaban J connectivity index is 2.77. The van der Waals surface area contributed by atoms with Crippen LogP contribution >= 0.6 is 11.8 Å². The molecule has 0 saturated carbocycles. The number of urea groups is 1. The van der Waals surface area contributed by atoms with E-state index in [0.29, 0.717) is 5.75 Å². The summed E-state index contributed by atoms with van der Waals surface area (Å²) in [5, 5.41) is 10.6. The summed E-state index contributed by atoms with van der Waals surface area (Å²) in [5.74, 6) is -0.481. The van der Waals surface area contributed by atoms with Gasteiger partial charge in [0.15, 0.2) is 0 Å². The van der Waals surface area contributed by atoms with Crippen molar-refractivity contribution in [3.05, 3.63) is 0 Å². The molecule has 2 amide bonds. The van der Waals surface area contributed by atoms with E-state index in [2.05, 4.69) is 5.43 Å². The second kappa shape index (κ2) is 6.11. The zero-order chi connectivity index (χ0) is 13.0. The fourth-order valence-electron chi connectivity index (χ4n) is 1.74. The fraction of sp³-hybridized carbons (Fsp3) is 0.800. The third kappa shape index (κ3) is 3.50. The van der Waals surface area contributed by atoms with Gasteiger partial charge in [-0.05, 0) is 6.42 Å². The normalized spacial score (nSPS) is 24.1. The van der Waals surface area contributed by atoms with Crippen molar-refractivity contribution in [1.82, 2.24) is 15.3 Å². The van der Waals surface area contributed by atoms with Crippen molar-refractivity contribution in [2.24, 2.45) is 0 Å². The number of hydrogen-bond acceptors (Lipinski definition) is 4. The van der Waals surface area contributed by atoms with Crippen LogP contribution in [0.25, 0.3) is 0 Å². The van der Waals surface area contributed by atoms with E-state index in [9.17, 15) is 9.59 Å². The lowest BCUT2D eigenvalue weighted by Crippen LogP contribution is -2.53. The Morgan fingerprint density at radius 1 is 1.53 bits per heavy atom. The van der Waals surface area contributed by atoms with Crippen LogP contribution in [0.1, 0.15) is 19.8 Å². The van der Waals surface area contributed by atoms with Gasteiger partial charge in [-0.2, -0.15) is 0 Å². The largest absolute Gasteiger partial charge is 0.480 e. The van der Waals surface area contributed by atoms with Gasteiger partial charge in [-0.15, -0.1) is 11.8 Å². The van der Waals surface area contributed by atoms with Crippen molar-refractivity contribution in [1.29, 1.82) is 0 Å². The summed E-state index contributed by atoms with van der Waals surface area (Å²) in [7, 11) is 3.40. The van der Waals surface area contributed by atoms with Gasteiger partial charge < -0.3 is 5.11 Å². The molecule has 2 N–H and O–H groups in total. The van der Waals surface area contributed by atoms with E-state index in [1.807, 2.05) is 6.92 Å². The number of nitrogens with one attached hydrogen (secondary N) is 1. The molecule has 0 aromatic carbocycles. The van der Waals surface area contributed by atoms with Gasteiger partial charge in [0.2, 0.25) is 0 Å². The number of thioether (sulfide) groups is 1. The summed E-state index contributed by atoms with van der Waals surface area (Å²) in [5.41, 5.74) is 2.60. The standard InChI is InChI=1S/C10H19N3O3S/c1-4-5-8-13(10(16)11-12(2)3)7(6-17-8)9(14)15/h7-8H,4-6H2,1-3H3,(H,11,16)(H,14,15). The first kappa shape index (κ1) is 14.1. The molecule has 2 atom stereocenters. The summed E-state index contributed by atoms with van der Waals surface area (Å²) < 4.78 is 0. The summed E-state index contributed by atoms with van der Waals surface area (Å²) in [6.07, 6.45) is 1.74. The second-order valence-corrected chi connectivity index (χ2v) is 5.36. The number of nitrogens with zero attached hydrogens (tertiary/aromatic N) is 2. The van der Waals surface area contributed by atoms with Gasteiger partial charge in [0.05, 0.1) is 5.37 Å². The number of carbonyl (C=O) groups is 2. The first-order valence-electron chi connectivity index (χ1n) is 5.58. The molecule has 0 aromatic heterocycles. The number of carbonyl (C=O) groups excluding carboxylic acids is 1. The van der Waals surface area contributed by atoms with Gasteiger partial charge in [-0.1, -0.05) is 13.3 Å². The Hall–Kier alpha value is -0.950. The zero-order valence-corrected chi connectivity index (χ0v) is 11.2. The molecule has 2 unspecified atom stereocenters. The molecule has 6 nitrogen and oxygen atoms in total. The molecular formula is C10H19N3O3S. The van der Waals surface area contributed by atoms with Gasteiger partial charge >= 0.3 is 12.0 Å². The van der Waals surface area contributed by atoms with Gasteiger partial charge in [0.1, 0.15) is 6.04 Å². The lowest BCUT2D eigenvalue weighted by atomic mass is 10.2. The van der Waals surface area contributed by atoms with Gasteiger partial charge in [-0.25, -0.2) is 14.6 Å². The minimum Gasteiger partial charge on any atom is -0.480 e. The topological polar surface area (TPSA) is 72.9 Å². The van der Waals surface area contributed by atoms with Gasteiger partial charge in [0, 0.05) is 19.8 Å². The first-order chi connectivity index (χ1) is 7.97. The predicted molar refractivity (Wildman–Crippen MR) is 66.6 cm³/mol. The molecule has 98 valence electrons. The van der Waals surface area contributed by atoms with Crippen molar-refractivity contribution in [3.8, 4) is 0 Å². The maximum Gasteiger partial charge on any atom is 0.333 e. The maximum absolute atomic E-state index is 12.0. The number of carboxylic acid groups (broad SMARTS) is 1. The van der Waals surface area contributed by atoms with Crippen molar-refractivity contribution < 1.29 is 14.7 Å². The lowest BCUT2D eigenvalue weighted by molar-refractivity contribution is -0.141. The first-order valence-corrected chi connectivity index (χ1v) is 6.63. The molecule has 0 aliphatic carbocycles. The molecule has 1 fully saturated rings. The van der Waals surface area contributed by atoms with Crippen LogP contribution in [0.2, 0.25) is 0 Å². The quantitative estimate of drug-likeness (QED) is 0.732. The molecule has 1 saturated heterocycles. The average Bonchev–Trinajstić information content (AvgIpc) is 2.61. The molecular weight excluding hydrogens is 242 g/mol. The van der Waals surface area contributed by atoms with E-state index in [-0.39, 0.29) is 11.4 Å². The Labute approximate surface area is 105 Å². The number of carboxylic acids is 1. The zero-order valence-electron chi connectivity index (χ0n) is 10.3. The van der Waals surface area contributed by atoms with Gasteiger partial charge in [-0.3, -0.25) is 10.3 Å². The maximum atomic E-state index is 12.0. The SMILES string of the molecule is CCCC1SCC(C(=O)O)N1C(=O)NN(C)C. The van der Waals surface area contributed by atoms with E-state index < -0.39 is 12.0 Å². The molecule has 0 radical (unpaired) electrons. The number of rotatable bonds is 4. The summed E-state index contributed by atoms with van der Waals surface area (Å²) in [6, 6.07) is -1.07. The van der Waals surface area contributed by atoms with Crippen LogP contribution in [0.3, 0.4) is 0 Å². The summed E-state index contributed by atoms with van der Waals surface area (Å²) in [6.45, 7) is 2.02. The second-order valence-electron chi connectivity index (χ2n) is 4.15. The molecule has 7 heteroatoms. The van der Waals surface area contributed by atoms with E-state index in [1.54, 1.807) is 14.1 Å². The summed E-state index contributed by atoms with van der Waals surface area (Å²) in [4.78, 5) is 24.5. The van der Waals surface area contributed by atoms with Crippen molar-refractivity contribution >= 4 is 23.8 Å². The highest BCUT2D eigenvalue weighted by Gasteiger charge is 2.41. The lowest BCUT2D eigenvalue weighted by Gasteiger charge is -2.28. The molecule has 17 heavy (non-hydrogen) atoms. The molecule has 1 aliphatic heterocycles. The minimum atomic E-state index is -0.940. The average molecular weight is 261 g/mol. The molecule has 1 heterocycles. The smallest absolute Gasteiger partial charge is 0.333 e. The number of hydrogen-bond donors (Lipinski definition) is 2. The highest BCUT2D eigenvalue weighted by Crippen LogP contribution is 2.32. The van der Waals surface area contributed by atoms with Gasteiger partial charge in [0.25, 0.3) is 0 Å². The van der Waals surface area contributed by atoms with Crippen LogP contribution in [0, 0.1) is 0 Å². The predicted octanol–water partition coefficient (Wildman–Crippen LogP) is 0.801. The molecule has 0 spiro atoms. The highest BCUT2D eigenvalue weighted by molar-refractivity contribution is 8.00. The van der Waals surface area contributed by atoms with E-state index in [4.69, 9.17) is 5.11 Å². The van der Waals surface area contributed by atoms with Crippen LogP contribution in [-0.4, -0.2) is 58.3 Å². The van der Waals surface area contributed by atoms with Crippen LogP contribution in [0.5, 0.6) is 0 Å². The van der Waals surface area contributed by atoms with Crippen molar-refractivity contribution in [2.75, 3.05) is 19.8 Å². The van der Waals surface area contributed by atoms with E-state index in [1.165, 1.54) is 21.7 Å². The van der Waals surface area contributed by atoms with Crippen LogP contribution in [0.4, 0.5) is 4.79 Å². The minimum absolute atomic E-state index is 0.0407. The molecule has 1 rings (SSSR count). The Bertz CT molecular complexity index is 299. The van der Waals surface area contributed by atoms with E-state index in [0.717, 1.165) is 12.8 Å². The fourth-order valence-corrected chi connectivity index (χ4v) is 3.26. The Morgan fingerprint density at radius 3 is 2.65 bits per heavy atom. The monoisotopic (exact) mass is 261 g/mol. The number of aliphatic carboxylic acids is 1. The summed E-state index contributed by atoms with van der Waals surface area (Å²) >= 11 is 1.53. The highest BCUT2D eigenvalue weighted by atomic mass is 32.2. The van der Waals surface area contributed by atoms with Crippen molar-refractivity contribution in [3.63, 3.8) is 0 Å². The number of hydrazine groups is 1. The molecule has 1 aliphatic rings. The van der Waals surface area contributed by atoms with E-state index >= 15 is 0 Å². The third-order valence-electron chi connectivity index (χ3n) is 2.47. The molecule has 0 aromatic rings. The Morgan fingerprint density at radius 2 is 2.18 bits per heavy atom. The number of amides is 2. The third-order valence-corrected chi connectivity index (χ3v) is 3.82.